The Bertz CT molecular complexity index is 811. The van der Waals surface area contributed by atoms with Crippen LogP contribution in [0.5, 0.6) is 0 Å². The van der Waals surface area contributed by atoms with Crippen LogP contribution in [0.3, 0.4) is 0 Å². The van der Waals surface area contributed by atoms with Gasteiger partial charge in [-0.1, -0.05) is 49.1 Å². The first-order valence-electron chi connectivity index (χ1n) is 12.2. The Labute approximate surface area is 190 Å². The van der Waals surface area contributed by atoms with Crippen LogP contribution in [0.25, 0.3) is 0 Å². The lowest BCUT2D eigenvalue weighted by molar-refractivity contribution is -0.129. The number of rotatable bonds is 5. The van der Waals surface area contributed by atoms with Crippen molar-refractivity contribution in [2.45, 2.75) is 76.9 Å². The number of carbonyl (C=O) groups excluding carboxylic acids is 3. The third kappa shape index (κ3) is 5.81. The fourth-order valence-corrected chi connectivity index (χ4v) is 5.07. The van der Waals surface area contributed by atoms with E-state index in [1.807, 2.05) is 36.1 Å². The van der Waals surface area contributed by atoms with Gasteiger partial charge in [0, 0.05) is 44.7 Å². The summed E-state index contributed by atoms with van der Waals surface area (Å²) in [6, 6.07) is 8.58. The molecule has 0 bridgehead atoms. The van der Waals surface area contributed by atoms with Gasteiger partial charge >= 0.3 is 6.03 Å². The standard InChI is InChI=1S/C25H36N4O3/c1-18-7-9-19(10-8-18)16-29-17-20(15-23(29)30)24(31)26-22-11-13-28(14-12-22)25(32)27-21-5-3-2-4-6-21/h7-10,20-22H,2-6,11-17H2,1H3,(H,26,31)(H,27,32). The molecule has 1 atom stereocenters. The van der Waals surface area contributed by atoms with E-state index in [0.29, 0.717) is 32.2 Å². The fraction of sp³-hybridized carbons (Fsp3) is 0.640. The molecule has 174 valence electrons. The molecule has 32 heavy (non-hydrogen) atoms. The average Bonchev–Trinajstić information content (AvgIpc) is 3.17. The van der Waals surface area contributed by atoms with E-state index in [9.17, 15) is 14.4 Å². The second kappa shape index (κ2) is 10.4. The van der Waals surface area contributed by atoms with Crippen molar-refractivity contribution in [1.29, 1.82) is 0 Å². The predicted octanol–water partition coefficient (Wildman–Crippen LogP) is 2.97. The highest BCUT2D eigenvalue weighted by molar-refractivity contribution is 5.89. The van der Waals surface area contributed by atoms with Gasteiger partial charge in [0.1, 0.15) is 0 Å². The molecule has 1 aromatic rings. The van der Waals surface area contributed by atoms with Crippen LogP contribution in [0, 0.1) is 12.8 Å². The summed E-state index contributed by atoms with van der Waals surface area (Å²) in [6.45, 7) is 4.39. The van der Waals surface area contributed by atoms with E-state index >= 15 is 0 Å². The Balaban J connectivity index is 1.19. The van der Waals surface area contributed by atoms with Gasteiger partial charge < -0.3 is 20.4 Å². The number of amides is 4. The lowest BCUT2D eigenvalue weighted by atomic mass is 9.95. The first kappa shape index (κ1) is 22.6. The molecule has 3 aliphatic rings. The highest BCUT2D eigenvalue weighted by Crippen LogP contribution is 2.22. The molecule has 0 spiro atoms. The van der Waals surface area contributed by atoms with Crippen LogP contribution < -0.4 is 10.6 Å². The summed E-state index contributed by atoms with van der Waals surface area (Å²) in [5, 5.41) is 6.32. The number of likely N-dealkylation sites (tertiary alicyclic amines) is 2. The molecule has 2 aliphatic heterocycles. The molecule has 2 heterocycles. The van der Waals surface area contributed by atoms with E-state index in [4.69, 9.17) is 0 Å². The molecular formula is C25H36N4O3. The van der Waals surface area contributed by atoms with Crippen molar-refractivity contribution >= 4 is 17.8 Å². The Morgan fingerprint density at radius 3 is 2.28 bits per heavy atom. The molecule has 1 unspecified atom stereocenters. The SMILES string of the molecule is Cc1ccc(CN2CC(C(=O)NC3CCN(C(=O)NC4CCCCC4)CC3)CC2=O)cc1. The van der Waals surface area contributed by atoms with Crippen LogP contribution in [-0.2, 0) is 16.1 Å². The highest BCUT2D eigenvalue weighted by atomic mass is 16.2. The Kier molecular flexibility index (Phi) is 7.33. The number of nitrogens with one attached hydrogen (secondary N) is 2. The summed E-state index contributed by atoms with van der Waals surface area (Å²) in [4.78, 5) is 41.4. The molecule has 1 saturated carbocycles. The largest absolute Gasteiger partial charge is 0.353 e. The molecule has 1 aliphatic carbocycles. The van der Waals surface area contributed by atoms with Gasteiger partial charge in [0.15, 0.2) is 0 Å². The minimum Gasteiger partial charge on any atom is -0.353 e. The Morgan fingerprint density at radius 2 is 1.59 bits per heavy atom. The molecule has 0 aromatic heterocycles. The average molecular weight is 441 g/mol. The van der Waals surface area contributed by atoms with Crippen molar-refractivity contribution in [3.05, 3.63) is 35.4 Å². The van der Waals surface area contributed by atoms with Crippen molar-refractivity contribution in [2.24, 2.45) is 5.92 Å². The lowest BCUT2D eigenvalue weighted by Gasteiger charge is -2.34. The lowest BCUT2D eigenvalue weighted by Crippen LogP contribution is -2.52. The molecule has 1 aromatic carbocycles. The molecule has 4 amide bonds. The van der Waals surface area contributed by atoms with Gasteiger partial charge in [0.25, 0.3) is 0 Å². The van der Waals surface area contributed by atoms with Crippen LogP contribution in [0.1, 0.15) is 62.5 Å². The fourth-order valence-electron chi connectivity index (χ4n) is 5.07. The number of benzene rings is 1. The molecular weight excluding hydrogens is 404 g/mol. The van der Waals surface area contributed by atoms with E-state index in [1.54, 1.807) is 4.90 Å². The van der Waals surface area contributed by atoms with Crippen molar-refractivity contribution in [2.75, 3.05) is 19.6 Å². The van der Waals surface area contributed by atoms with Gasteiger partial charge in [-0.2, -0.15) is 0 Å². The van der Waals surface area contributed by atoms with E-state index in [1.165, 1.54) is 24.8 Å². The number of carbonyl (C=O) groups is 3. The zero-order valence-corrected chi connectivity index (χ0v) is 19.1. The molecule has 2 saturated heterocycles. The molecule has 3 fully saturated rings. The number of piperidine rings is 1. The maximum atomic E-state index is 12.8. The first-order chi connectivity index (χ1) is 15.5. The van der Waals surface area contributed by atoms with Gasteiger partial charge in [-0.15, -0.1) is 0 Å². The van der Waals surface area contributed by atoms with Gasteiger partial charge in [0.05, 0.1) is 5.92 Å². The van der Waals surface area contributed by atoms with Crippen molar-refractivity contribution in [1.82, 2.24) is 20.4 Å². The van der Waals surface area contributed by atoms with Gasteiger partial charge in [-0.25, -0.2) is 4.79 Å². The van der Waals surface area contributed by atoms with Crippen molar-refractivity contribution in [3.8, 4) is 0 Å². The Hall–Kier alpha value is -2.57. The number of hydrogen-bond donors (Lipinski definition) is 2. The maximum absolute atomic E-state index is 12.8. The van der Waals surface area contributed by atoms with Gasteiger partial charge in [-0.3, -0.25) is 9.59 Å². The zero-order chi connectivity index (χ0) is 22.5. The first-order valence-corrected chi connectivity index (χ1v) is 12.2. The number of nitrogens with zero attached hydrogens (tertiary/aromatic N) is 2. The summed E-state index contributed by atoms with van der Waals surface area (Å²) < 4.78 is 0. The van der Waals surface area contributed by atoms with E-state index in [0.717, 1.165) is 31.2 Å². The van der Waals surface area contributed by atoms with Crippen molar-refractivity contribution in [3.63, 3.8) is 0 Å². The summed E-state index contributed by atoms with van der Waals surface area (Å²) in [5.74, 6) is -0.282. The van der Waals surface area contributed by atoms with Gasteiger partial charge in [0.2, 0.25) is 11.8 Å². The minimum atomic E-state index is -0.291. The smallest absolute Gasteiger partial charge is 0.317 e. The van der Waals surface area contributed by atoms with Crippen LogP contribution in [-0.4, -0.2) is 59.4 Å². The van der Waals surface area contributed by atoms with Crippen LogP contribution in [0.4, 0.5) is 4.79 Å². The quantitative estimate of drug-likeness (QED) is 0.739. The number of urea groups is 1. The maximum Gasteiger partial charge on any atom is 0.317 e. The third-order valence-electron chi connectivity index (χ3n) is 7.14. The van der Waals surface area contributed by atoms with Crippen molar-refractivity contribution < 1.29 is 14.4 Å². The summed E-state index contributed by atoms with van der Waals surface area (Å²) in [5.41, 5.74) is 2.28. The van der Waals surface area contributed by atoms with Crippen LogP contribution >= 0.6 is 0 Å². The Morgan fingerprint density at radius 1 is 0.938 bits per heavy atom. The monoisotopic (exact) mass is 440 g/mol. The van der Waals surface area contributed by atoms with Gasteiger partial charge in [-0.05, 0) is 38.2 Å². The van der Waals surface area contributed by atoms with E-state index in [-0.39, 0.29) is 36.2 Å². The van der Waals surface area contributed by atoms with E-state index < -0.39 is 0 Å². The molecule has 4 rings (SSSR count). The molecule has 0 radical (unpaired) electrons. The topological polar surface area (TPSA) is 81.8 Å². The van der Waals surface area contributed by atoms with E-state index in [2.05, 4.69) is 10.6 Å². The normalized spacial score (nSPS) is 22.8. The second-order valence-corrected chi connectivity index (χ2v) is 9.72. The summed E-state index contributed by atoms with van der Waals surface area (Å²) in [7, 11) is 0. The molecule has 7 nitrogen and oxygen atoms in total. The number of aryl methyl sites for hydroxylation is 1. The molecule has 7 heteroatoms. The van der Waals surface area contributed by atoms with Crippen LogP contribution in [0.2, 0.25) is 0 Å². The second-order valence-electron chi connectivity index (χ2n) is 9.72. The predicted molar refractivity (Wildman–Crippen MR) is 123 cm³/mol. The summed E-state index contributed by atoms with van der Waals surface area (Å²) in [6.07, 6.45) is 7.64. The third-order valence-corrected chi connectivity index (χ3v) is 7.14. The minimum absolute atomic E-state index is 0.0325. The van der Waals surface area contributed by atoms with Crippen LogP contribution in [0.15, 0.2) is 24.3 Å². The molecule has 2 N–H and O–H groups in total. The number of hydrogen-bond acceptors (Lipinski definition) is 3. The highest BCUT2D eigenvalue weighted by Gasteiger charge is 2.35. The summed E-state index contributed by atoms with van der Waals surface area (Å²) >= 11 is 0. The zero-order valence-electron chi connectivity index (χ0n) is 19.1.